The number of nitrogens with zero attached hydrogens (tertiary/aromatic N) is 1. The number of amides is 1. The highest BCUT2D eigenvalue weighted by molar-refractivity contribution is 5.90. The third-order valence-electron chi connectivity index (χ3n) is 3.32. The minimum absolute atomic E-state index is 0.118. The van der Waals surface area contributed by atoms with Gasteiger partial charge in [0.05, 0.1) is 0 Å². The van der Waals surface area contributed by atoms with Crippen molar-refractivity contribution in [3.63, 3.8) is 0 Å². The standard InChI is InChI=1S/C14H14N4O2/c19-13-6-5-12(17-18-13)16-14(20)7-9-8-15-11-4-2-1-3-10(9)11/h1-6,9,15H,7-8H2,(H,18,19)(H,16,17,20). The molecule has 0 aliphatic carbocycles. The predicted octanol–water partition coefficient (Wildman–Crippen LogP) is 1.31. The molecule has 0 bridgehead atoms. The van der Waals surface area contributed by atoms with Crippen LogP contribution in [0.3, 0.4) is 0 Å². The summed E-state index contributed by atoms with van der Waals surface area (Å²) in [7, 11) is 0. The minimum atomic E-state index is -0.295. The second-order valence-electron chi connectivity index (χ2n) is 4.72. The fourth-order valence-electron chi connectivity index (χ4n) is 2.37. The Morgan fingerprint density at radius 1 is 1.30 bits per heavy atom. The summed E-state index contributed by atoms with van der Waals surface area (Å²) in [6.07, 6.45) is 0.380. The molecule has 0 saturated carbocycles. The summed E-state index contributed by atoms with van der Waals surface area (Å²) in [6, 6.07) is 10.8. The van der Waals surface area contributed by atoms with Gasteiger partial charge in [-0.1, -0.05) is 18.2 Å². The van der Waals surface area contributed by atoms with Crippen molar-refractivity contribution in [3.05, 3.63) is 52.3 Å². The van der Waals surface area contributed by atoms with E-state index in [1.165, 1.54) is 12.1 Å². The molecule has 6 nitrogen and oxygen atoms in total. The molecular weight excluding hydrogens is 256 g/mol. The number of aromatic amines is 1. The first-order chi connectivity index (χ1) is 9.72. The number of fused-ring (bicyclic) bond motifs is 1. The average molecular weight is 270 g/mol. The minimum Gasteiger partial charge on any atom is -0.384 e. The maximum atomic E-state index is 12.0. The maximum absolute atomic E-state index is 12.0. The van der Waals surface area contributed by atoms with Crippen LogP contribution in [-0.4, -0.2) is 22.6 Å². The van der Waals surface area contributed by atoms with E-state index in [1.54, 1.807) is 0 Å². The van der Waals surface area contributed by atoms with E-state index >= 15 is 0 Å². The van der Waals surface area contributed by atoms with E-state index in [9.17, 15) is 9.59 Å². The number of para-hydroxylation sites is 1. The highest BCUT2D eigenvalue weighted by Gasteiger charge is 2.24. The topological polar surface area (TPSA) is 86.9 Å². The number of hydrogen-bond acceptors (Lipinski definition) is 4. The third kappa shape index (κ3) is 2.54. The van der Waals surface area contributed by atoms with Gasteiger partial charge in [0.25, 0.3) is 5.56 Å². The lowest BCUT2D eigenvalue weighted by molar-refractivity contribution is -0.116. The normalized spacial score (nSPS) is 16.3. The van der Waals surface area contributed by atoms with Gasteiger partial charge in [-0.3, -0.25) is 9.59 Å². The van der Waals surface area contributed by atoms with Crippen LogP contribution in [0.15, 0.2) is 41.2 Å². The summed E-state index contributed by atoms with van der Waals surface area (Å²) in [5.74, 6) is 0.399. The lowest BCUT2D eigenvalue weighted by Crippen LogP contribution is -2.18. The zero-order valence-electron chi connectivity index (χ0n) is 10.7. The first-order valence-electron chi connectivity index (χ1n) is 6.41. The summed E-state index contributed by atoms with van der Waals surface area (Å²) in [5, 5.41) is 12.0. The van der Waals surface area contributed by atoms with Crippen molar-refractivity contribution >= 4 is 17.4 Å². The molecule has 1 aromatic carbocycles. The van der Waals surface area contributed by atoms with Crippen LogP contribution in [0.1, 0.15) is 17.9 Å². The van der Waals surface area contributed by atoms with Gasteiger partial charge in [-0.15, -0.1) is 0 Å². The highest BCUT2D eigenvalue weighted by Crippen LogP contribution is 2.33. The molecule has 0 fully saturated rings. The van der Waals surface area contributed by atoms with Crippen LogP contribution >= 0.6 is 0 Å². The Hall–Kier alpha value is -2.63. The van der Waals surface area contributed by atoms with Gasteiger partial charge in [0.2, 0.25) is 5.91 Å². The summed E-state index contributed by atoms with van der Waals surface area (Å²) in [6.45, 7) is 0.756. The molecular formula is C14H14N4O2. The van der Waals surface area contributed by atoms with Gasteiger partial charge < -0.3 is 10.6 Å². The second kappa shape index (κ2) is 5.16. The average Bonchev–Trinajstić information content (AvgIpc) is 2.85. The third-order valence-corrected chi connectivity index (χ3v) is 3.32. The quantitative estimate of drug-likeness (QED) is 0.784. The molecule has 1 unspecified atom stereocenters. The fraction of sp³-hybridized carbons (Fsp3) is 0.214. The number of anilines is 2. The van der Waals surface area contributed by atoms with E-state index in [0.717, 1.165) is 17.8 Å². The summed E-state index contributed by atoms with van der Waals surface area (Å²) < 4.78 is 0. The van der Waals surface area contributed by atoms with Gasteiger partial charge in [-0.25, -0.2) is 5.10 Å². The van der Waals surface area contributed by atoms with E-state index in [1.807, 2.05) is 24.3 Å². The van der Waals surface area contributed by atoms with E-state index in [-0.39, 0.29) is 17.4 Å². The largest absolute Gasteiger partial charge is 0.384 e. The summed E-state index contributed by atoms with van der Waals surface area (Å²) in [4.78, 5) is 22.9. The number of hydrogen-bond donors (Lipinski definition) is 3. The van der Waals surface area contributed by atoms with Crippen molar-refractivity contribution in [1.29, 1.82) is 0 Å². The second-order valence-corrected chi connectivity index (χ2v) is 4.72. The van der Waals surface area contributed by atoms with E-state index in [0.29, 0.717) is 12.2 Å². The van der Waals surface area contributed by atoms with Crippen LogP contribution in [-0.2, 0) is 4.79 Å². The van der Waals surface area contributed by atoms with Crippen LogP contribution in [0.25, 0.3) is 0 Å². The molecule has 1 aromatic heterocycles. The number of benzene rings is 1. The van der Waals surface area contributed by atoms with Crippen LogP contribution in [0, 0.1) is 0 Å². The van der Waals surface area contributed by atoms with Gasteiger partial charge in [-0.2, -0.15) is 5.10 Å². The highest BCUT2D eigenvalue weighted by atomic mass is 16.1. The zero-order chi connectivity index (χ0) is 13.9. The first kappa shape index (κ1) is 12.4. The smallest absolute Gasteiger partial charge is 0.264 e. The molecule has 1 aliphatic heterocycles. The lowest BCUT2D eigenvalue weighted by atomic mass is 9.98. The number of carbonyl (C=O) groups is 1. The van der Waals surface area contributed by atoms with Gasteiger partial charge >= 0.3 is 0 Å². The van der Waals surface area contributed by atoms with Crippen molar-refractivity contribution in [2.45, 2.75) is 12.3 Å². The number of H-pyrrole nitrogens is 1. The van der Waals surface area contributed by atoms with Crippen molar-refractivity contribution in [1.82, 2.24) is 10.2 Å². The molecule has 102 valence electrons. The maximum Gasteiger partial charge on any atom is 0.264 e. The van der Waals surface area contributed by atoms with Crippen LogP contribution in [0.4, 0.5) is 11.5 Å². The molecule has 2 aromatic rings. The van der Waals surface area contributed by atoms with Crippen LogP contribution in [0.2, 0.25) is 0 Å². The SMILES string of the molecule is O=C(CC1CNc2ccccc21)Nc1ccc(=O)[nH]n1. The molecule has 3 rings (SSSR count). The molecule has 0 radical (unpaired) electrons. The number of carbonyl (C=O) groups excluding carboxylic acids is 1. The number of rotatable bonds is 3. The molecule has 6 heteroatoms. The fourth-order valence-corrected chi connectivity index (χ4v) is 2.37. The number of nitrogens with one attached hydrogen (secondary N) is 3. The molecule has 1 atom stereocenters. The Kier molecular flexibility index (Phi) is 3.20. The Labute approximate surface area is 115 Å². The molecule has 20 heavy (non-hydrogen) atoms. The first-order valence-corrected chi connectivity index (χ1v) is 6.41. The molecule has 3 N–H and O–H groups in total. The van der Waals surface area contributed by atoms with Gasteiger partial charge in [0.1, 0.15) is 0 Å². The van der Waals surface area contributed by atoms with Crippen LogP contribution < -0.4 is 16.2 Å². The summed E-state index contributed by atoms with van der Waals surface area (Å²) >= 11 is 0. The predicted molar refractivity (Wildman–Crippen MR) is 75.8 cm³/mol. The monoisotopic (exact) mass is 270 g/mol. The van der Waals surface area contributed by atoms with Crippen molar-refractivity contribution in [2.24, 2.45) is 0 Å². The Morgan fingerprint density at radius 2 is 2.15 bits per heavy atom. The van der Waals surface area contributed by atoms with Crippen molar-refractivity contribution in [3.8, 4) is 0 Å². The molecule has 1 amide bonds. The van der Waals surface area contributed by atoms with Crippen molar-refractivity contribution < 1.29 is 4.79 Å². The van der Waals surface area contributed by atoms with Gasteiger partial charge in [0.15, 0.2) is 5.82 Å². The summed E-state index contributed by atoms with van der Waals surface area (Å²) in [5.41, 5.74) is 1.96. The van der Waals surface area contributed by atoms with E-state index < -0.39 is 0 Å². The van der Waals surface area contributed by atoms with Crippen molar-refractivity contribution in [2.75, 3.05) is 17.2 Å². The van der Waals surface area contributed by atoms with E-state index in [2.05, 4.69) is 20.8 Å². The number of aromatic nitrogens is 2. The van der Waals surface area contributed by atoms with Gasteiger partial charge in [0, 0.05) is 30.6 Å². The Bertz CT molecular complexity index is 675. The zero-order valence-corrected chi connectivity index (χ0v) is 10.7. The molecule has 2 heterocycles. The lowest BCUT2D eigenvalue weighted by Gasteiger charge is -2.09. The molecule has 1 aliphatic rings. The molecule has 0 spiro atoms. The van der Waals surface area contributed by atoms with Gasteiger partial charge in [-0.05, 0) is 17.7 Å². The Balaban J connectivity index is 1.65. The molecule has 0 saturated heterocycles. The Morgan fingerprint density at radius 3 is 2.95 bits per heavy atom. The van der Waals surface area contributed by atoms with Crippen LogP contribution in [0.5, 0.6) is 0 Å². The van der Waals surface area contributed by atoms with E-state index in [4.69, 9.17) is 0 Å².